The average Bonchev–Trinajstić information content (AvgIpc) is 2.25. The van der Waals surface area contributed by atoms with Crippen LogP contribution < -0.4 is 4.74 Å². The molecule has 0 heterocycles. The van der Waals surface area contributed by atoms with E-state index in [4.69, 9.17) is 21.4 Å². The zero-order valence-corrected chi connectivity index (χ0v) is 10.3. The van der Waals surface area contributed by atoms with Gasteiger partial charge in [-0.15, -0.1) is 11.6 Å². The van der Waals surface area contributed by atoms with E-state index in [-0.39, 0.29) is 17.4 Å². The Bertz CT molecular complexity index is 427. The second-order valence-corrected chi connectivity index (χ2v) is 5.69. The number of alkyl halides is 1. The first kappa shape index (κ1) is 13.3. The molecule has 4 nitrogen and oxygen atoms in total. The van der Waals surface area contributed by atoms with Gasteiger partial charge in [0.15, 0.2) is 9.84 Å². The molecule has 0 aliphatic rings. The Morgan fingerprint density at radius 1 is 1.38 bits per heavy atom. The summed E-state index contributed by atoms with van der Waals surface area (Å²) in [6.45, 7) is 0.0850. The largest absolute Gasteiger partial charge is 0.491 e. The highest BCUT2D eigenvalue weighted by atomic mass is 35.5. The van der Waals surface area contributed by atoms with Crippen molar-refractivity contribution in [2.24, 2.45) is 0 Å². The molecular formula is C10H13ClO4S. The Hall–Kier alpha value is -0.780. The molecule has 0 radical (unpaired) electrons. The second-order valence-electron chi connectivity index (χ2n) is 3.36. The van der Waals surface area contributed by atoms with Crippen LogP contribution in [0.4, 0.5) is 0 Å². The molecule has 1 N–H and O–H groups in total. The quantitative estimate of drug-likeness (QED) is 0.808. The van der Waals surface area contributed by atoms with Gasteiger partial charge in [0.05, 0.1) is 10.8 Å². The molecule has 0 aromatic heterocycles. The van der Waals surface area contributed by atoms with Crippen LogP contribution in [0, 0.1) is 0 Å². The summed E-state index contributed by atoms with van der Waals surface area (Å²) in [7, 11) is -3.18. The van der Waals surface area contributed by atoms with Crippen molar-refractivity contribution >= 4 is 21.4 Å². The number of rotatable bonds is 5. The fourth-order valence-electron chi connectivity index (χ4n) is 1.02. The monoisotopic (exact) mass is 264 g/mol. The number of hydrogen-bond acceptors (Lipinski definition) is 4. The van der Waals surface area contributed by atoms with Crippen molar-refractivity contribution in [1.29, 1.82) is 0 Å². The van der Waals surface area contributed by atoms with Gasteiger partial charge in [-0.1, -0.05) is 0 Å². The smallest absolute Gasteiger partial charge is 0.175 e. The summed E-state index contributed by atoms with van der Waals surface area (Å²) in [5, 5.41) is 9.15. The zero-order chi connectivity index (χ0) is 12.2. The lowest BCUT2D eigenvalue weighted by atomic mass is 10.3. The molecule has 90 valence electrons. The molecule has 0 bridgehead atoms. The maximum atomic E-state index is 11.2. The zero-order valence-electron chi connectivity index (χ0n) is 8.76. The van der Waals surface area contributed by atoms with Crippen LogP contribution in [-0.2, 0) is 9.84 Å². The number of aliphatic hydroxyl groups excluding tert-OH is 1. The molecule has 0 amide bonds. The van der Waals surface area contributed by atoms with E-state index in [9.17, 15) is 8.42 Å². The molecule has 1 rings (SSSR count). The Morgan fingerprint density at radius 3 is 2.38 bits per heavy atom. The van der Waals surface area contributed by atoms with E-state index in [0.717, 1.165) is 6.26 Å². The number of benzene rings is 1. The number of sulfone groups is 1. The number of hydrogen-bond donors (Lipinski definition) is 1. The van der Waals surface area contributed by atoms with Gasteiger partial charge in [-0.2, -0.15) is 0 Å². The maximum Gasteiger partial charge on any atom is 0.175 e. The van der Waals surface area contributed by atoms with Gasteiger partial charge in [-0.3, -0.25) is 0 Å². The lowest BCUT2D eigenvalue weighted by molar-refractivity contribution is 0.125. The summed E-state index contributed by atoms with van der Waals surface area (Å²) >= 11 is 5.39. The van der Waals surface area contributed by atoms with Crippen LogP contribution in [-0.4, -0.2) is 38.4 Å². The number of ether oxygens (including phenoxy) is 1. The molecular weight excluding hydrogens is 252 g/mol. The van der Waals surface area contributed by atoms with Crippen LogP contribution in [0.15, 0.2) is 29.2 Å². The third-order valence-corrected chi connectivity index (χ3v) is 3.36. The van der Waals surface area contributed by atoms with Crippen molar-refractivity contribution < 1.29 is 18.3 Å². The summed E-state index contributed by atoms with van der Waals surface area (Å²) in [6.07, 6.45) is 0.413. The van der Waals surface area contributed by atoms with Crippen molar-refractivity contribution in [1.82, 2.24) is 0 Å². The van der Waals surface area contributed by atoms with Gasteiger partial charge in [0.1, 0.15) is 18.5 Å². The standard InChI is InChI=1S/C10H13ClO4S/c1-16(13,14)10-4-2-9(3-5-10)15-7-8(12)6-11/h2-5,8,12H,6-7H2,1H3. The van der Waals surface area contributed by atoms with Gasteiger partial charge in [0, 0.05) is 6.26 Å². The second kappa shape index (κ2) is 5.52. The minimum atomic E-state index is -3.18. The molecule has 1 atom stereocenters. The van der Waals surface area contributed by atoms with Crippen molar-refractivity contribution in [2.45, 2.75) is 11.0 Å². The van der Waals surface area contributed by atoms with Crippen LogP contribution in [0.25, 0.3) is 0 Å². The predicted octanol–water partition coefficient (Wildman–Crippen LogP) is 1.07. The van der Waals surface area contributed by atoms with E-state index in [1.807, 2.05) is 0 Å². The van der Waals surface area contributed by atoms with E-state index < -0.39 is 15.9 Å². The normalized spacial score (nSPS) is 13.4. The molecule has 16 heavy (non-hydrogen) atoms. The van der Waals surface area contributed by atoms with Crippen molar-refractivity contribution in [3.8, 4) is 5.75 Å². The van der Waals surface area contributed by atoms with Gasteiger partial charge < -0.3 is 9.84 Å². The molecule has 0 aliphatic carbocycles. The summed E-state index contributed by atoms with van der Waals surface area (Å²) < 4.78 is 27.5. The summed E-state index contributed by atoms with van der Waals surface area (Å²) in [5.41, 5.74) is 0. The highest BCUT2D eigenvalue weighted by Gasteiger charge is 2.07. The van der Waals surface area contributed by atoms with Crippen molar-refractivity contribution in [3.63, 3.8) is 0 Å². The lowest BCUT2D eigenvalue weighted by Crippen LogP contribution is -2.18. The molecule has 0 spiro atoms. The molecule has 6 heteroatoms. The number of aliphatic hydroxyl groups is 1. The third kappa shape index (κ3) is 4.00. The molecule has 0 saturated carbocycles. The van der Waals surface area contributed by atoms with Gasteiger partial charge in [-0.25, -0.2) is 8.42 Å². The van der Waals surface area contributed by atoms with E-state index in [1.165, 1.54) is 24.3 Å². The van der Waals surface area contributed by atoms with Crippen LogP contribution in [0.2, 0.25) is 0 Å². The molecule has 0 fully saturated rings. The van der Waals surface area contributed by atoms with Crippen molar-refractivity contribution in [2.75, 3.05) is 18.7 Å². The van der Waals surface area contributed by atoms with Gasteiger partial charge in [0.2, 0.25) is 0 Å². The van der Waals surface area contributed by atoms with E-state index >= 15 is 0 Å². The Balaban J connectivity index is 2.66. The highest BCUT2D eigenvalue weighted by molar-refractivity contribution is 7.90. The molecule has 1 aromatic carbocycles. The molecule has 0 saturated heterocycles. The first-order valence-electron chi connectivity index (χ1n) is 4.60. The minimum absolute atomic E-state index is 0.0850. The summed E-state index contributed by atoms with van der Waals surface area (Å²) in [4.78, 5) is 0.234. The van der Waals surface area contributed by atoms with Crippen LogP contribution in [0.3, 0.4) is 0 Å². The summed E-state index contributed by atoms with van der Waals surface area (Å²) in [6, 6.07) is 5.99. The van der Waals surface area contributed by atoms with Crippen LogP contribution >= 0.6 is 11.6 Å². The topological polar surface area (TPSA) is 63.6 Å². The Labute approximate surface area is 99.7 Å². The number of halogens is 1. The van der Waals surface area contributed by atoms with Crippen LogP contribution in [0.5, 0.6) is 5.75 Å². The fraction of sp³-hybridized carbons (Fsp3) is 0.400. The van der Waals surface area contributed by atoms with Gasteiger partial charge in [-0.05, 0) is 24.3 Å². The lowest BCUT2D eigenvalue weighted by Gasteiger charge is -2.09. The minimum Gasteiger partial charge on any atom is -0.491 e. The van der Waals surface area contributed by atoms with Gasteiger partial charge in [0.25, 0.3) is 0 Å². The molecule has 0 aliphatic heterocycles. The highest BCUT2D eigenvalue weighted by Crippen LogP contribution is 2.15. The van der Waals surface area contributed by atoms with E-state index in [0.29, 0.717) is 5.75 Å². The fourth-order valence-corrected chi connectivity index (χ4v) is 1.74. The molecule has 1 unspecified atom stereocenters. The van der Waals surface area contributed by atoms with Crippen molar-refractivity contribution in [3.05, 3.63) is 24.3 Å². The third-order valence-electron chi connectivity index (χ3n) is 1.87. The first-order valence-corrected chi connectivity index (χ1v) is 7.03. The van der Waals surface area contributed by atoms with Gasteiger partial charge >= 0.3 is 0 Å². The first-order chi connectivity index (χ1) is 7.43. The summed E-state index contributed by atoms with van der Waals surface area (Å²) in [5.74, 6) is 0.595. The average molecular weight is 265 g/mol. The SMILES string of the molecule is CS(=O)(=O)c1ccc(OCC(O)CCl)cc1. The predicted molar refractivity (Wildman–Crippen MR) is 61.8 cm³/mol. The Morgan fingerprint density at radius 2 is 1.94 bits per heavy atom. The molecule has 1 aromatic rings. The van der Waals surface area contributed by atoms with E-state index in [1.54, 1.807) is 0 Å². The van der Waals surface area contributed by atoms with Crippen LogP contribution in [0.1, 0.15) is 0 Å². The van der Waals surface area contributed by atoms with E-state index in [2.05, 4.69) is 0 Å². The Kier molecular flexibility index (Phi) is 4.58. The maximum absolute atomic E-state index is 11.2.